The maximum absolute atomic E-state index is 2.56. The molecule has 0 bridgehead atoms. The third-order valence-corrected chi connectivity index (χ3v) is 4.44. The molecule has 0 aromatic heterocycles. The molecule has 0 spiro atoms. The smallest absolute Gasteiger partial charge is 0.0237 e. The van der Waals surface area contributed by atoms with Crippen LogP contribution in [-0.4, -0.2) is 43.0 Å². The van der Waals surface area contributed by atoms with Gasteiger partial charge in [-0.2, -0.15) is 0 Å². The van der Waals surface area contributed by atoms with E-state index in [9.17, 15) is 0 Å². The van der Waals surface area contributed by atoms with Crippen molar-refractivity contribution >= 4 is 0 Å². The van der Waals surface area contributed by atoms with Crippen molar-refractivity contribution in [2.24, 2.45) is 0 Å². The first-order chi connectivity index (χ1) is 10.2. The van der Waals surface area contributed by atoms with Crippen LogP contribution >= 0.6 is 0 Å². The van der Waals surface area contributed by atoms with Gasteiger partial charge < -0.3 is 4.90 Å². The Hall–Kier alpha value is -1.64. The van der Waals surface area contributed by atoms with Crippen molar-refractivity contribution in [3.8, 4) is 11.1 Å². The van der Waals surface area contributed by atoms with Crippen LogP contribution in [0.3, 0.4) is 0 Å². The van der Waals surface area contributed by atoms with E-state index < -0.39 is 0 Å². The lowest BCUT2D eigenvalue weighted by atomic mass is 9.99. The fourth-order valence-corrected chi connectivity index (χ4v) is 2.93. The van der Waals surface area contributed by atoms with Gasteiger partial charge in [-0.3, -0.25) is 4.90 Å². The summed E-state index contributed by atoms with van der Waals surface area (Å²) in [5.41, 5.74) is 5.47. The maximum Gasteiger partial charge on any atom is 0.0237 e. The first-order valence-electron chi connectivity index (χ1n) is 7.78. The highest BCUT2D eigenvalue weighted by molar-refractivity contribution is 5.64. The van der Waals surface area contributed by atoms with Gasteiger partial charge in [-0.1, -0.05) is 48.5 Å². The molecule has 0 radical (unpaired) electrons. The van der Waals surface area contributed by atoms with Crippen molar-refractivity contribution in [2.45, 2.75) is 13.5 Å². The van der Waals surface area contributed by atoms with Gasteiger partial charge in [0.25, 0.3) is 0 Å². The normalized spacial score (nSPS) is 17.0. The number of rotatable bonds is 3. The molecule has 1 heterocycles. The molecule has 0 N–H and O–H groups in total. The number of nitrogens with zero attached hydrogens (tertiary/aromatic N) is 2. The lowest BCUT2D eigenvalue weighted by Crippen LogP contribution is -2.43. The highest BCUT2D eigenvalue weighted by Gasteiger charge is 2.14. The van der Waals surface area contributed by atoms with Gasteiger partial charge in [0, 0.05) is 32.7 Å². The number of piperazine rings is 1. The zero-order valence-corrected chi connectivity index (χ0v) is 13.0. The Balaban J connectivity index is 1.73. The highest BCUT2D eigenvalue weighted by Crippen LogP contribution is 2.23. The van der Waals surface area contributed by atoms with Gasteiger partial charge in [0.05, 0.1) is 0 Å². The van der Waals surface area contributed by atoms with E-state index in [0.717, 1.165) is 6.54 Å². The van der Waals surface area contributed by atoms with Gasteiger partial charge in [-0.25, -0.2) is 0 Å². The second-order valence-corrected chi connectivity index (χ2v) is 6.09. The van der Waals surface area contributed by atoms with Gasteiger partial charge >= 0.3 is 0 Å². The summed E-state index contributed by atoms with van der Waals surface area (Å²) in [6.45, 7) is 8.03. The summed E-state index contributed by atoms with van der Waals surface area (Å²) in [6, 6.07) is 17.5. The average Bonchev–Trinajstić information content (AvgIpc) is 2.52. The monoisotopic (exact) mass is 280 g/mol. The number of hydrogen-bond donors (Lipinski definition) is 0. The first-order valence-corrected chi connectivity index (χ1v) is 7.78. The van der Waals surface area contributed by atoms with Crippen molar-refractivity contribution in [3.63, 3.8) is 0 Å². The van der Waals surface area contributed by atoms with Crippen LogP contribution in [0.5, 0.6) is 0 Å². The molecule has 2 nitrogen and oxygen atoms in total. The topological polar surface area (TPSA) is 6.48 Å². The predicted octanol–water partition coefficient (Wildman–Crippen LogP) is 3.41. The van der Waals surface area contributed by atoms with E-state index in [-0.39, 0.29) is 0 Å². The molecule has 0 unspecified atom stereocenters. The maximum atomic E-state index is 2.56. The van der Waals surface area contributed by atoms with E-state index in [1.54, 1.807) is 0 Å². The summed E-state index contributed by atoms with van der Waals surface area (Å²) in [5, 5.41) is 0. The van der Waals surface area contributed by atoms with Crippen LogP contribution in [0.25, 0.3) is 11.1 Å². The molecule has 2 aromatic rings. The third-order valence-electron chi connectivity index (χ3n) is 4.44. The van der Waals surface area contributed by atoms with Gasteiger partial charge in [0.2, 0.25) is 0 Å². The van der Waals surface area contributed by atoms with Crippen molar-refractivity contribution in [2.75, 3.05) is 33.2 Å². The van der Waals surface area contributed by atoms with Crippen LogP contribution in [0, 0.1) is 6.92 Å². The number of aryl methyl sites for hydroxylation is 1. The molecule has 1 saturated heterocycles. The summed E-state index contributed by atoms with van der Waals surface area (Å²) in [5.74, 6) is 0. The molecule has 1 aliphatic heterocycles. The lowest BCUT2D eigenvalue weighted by Gasteiger charge is -2.32. The van der Waals surface area contributed by atoms with Gasteiger partial charge in [-0.15, -0.1) is 0 Å². The first kappa shape index (κ1) is 14.3. The largest absolute Gasteiger partial charge is 0.304 e. The van der Waals surface area contributed by atoms with Gasteiger partial charge in [-0.05, 0) is 36.2 Å². The molecule has 0 saturated carbocycles. The Bertz CT molecular complexity index is 584. The van der Waals surface area contributed by atoms with Gasteiger partial charge in [0.15, 0.2) is 0 Å². The zero-order chi connectivity index (χ0) is 14.7. The van der Waals surface area contributed by atoms with Crippen LogP contribution in [0.1, 0.15) is 11.1 Å². The molecule has 0 atom stereocenters. The summed E-state index contributed by atoms with van der Waals surface area (Å²) in [4.78, 5) is 4.96. The predicted molar refractivity (Wildman–Crippen MR) is 89.4 cm³/mol. The highest BCUT2D eigenvalue weighted by atomic mass is 15.2. The Morgan fingerprint density at radius 2 is 1.57 bits per heavy atom. The van der Waals surface area contributed by atoms with Crippen molar-refractivity contribution in [1.29, 1.82) is 0 Å². The van der Waals surface area contributed by atoms with Crippen LogP contribution in [0.4, 0.5) is 0 Å². The SMILES string of the molecule is Cc1cc(-c2ccccc2)ccc1CN1CCN(C)CC1. The molecule has 110 valence electrons. The summed E-state index contributed by atoms with van der Waals surface area (Å²) >= 11 is 0. The van der Waals surface area contributed by atoms with Crippen molar-refractivity contribution in [1.82, 2.24) is 9.80 Å². The standard InChI is InChI=1S/C19H24N2/c1-16-14-18(17-6-4-3-5-7-17)8-9-19(16)15-21-12-10-20(2)11-13-21/h3-9,14H,10-13,15H2,1-2H3. The fraction of sp³-hybridized carbons (Fsp3) is 0.368. The third kappa shape index (κ3) is 3.52. The van der Waals surface area contributed by atoms with Crippen LogP contribution in [-0.2, 0) is 6.54 Å². The van der Waals surface area contributed by atoms with E-state index in [1.165, 1.54) is 48.4 Å². The minimum atomic E-state index is 1.08. The molecule has 3 rings (SSSR count). The summed E-state index contributed by atoms with van der Waals surface area (Å²) in [7, 11) is 2.21. The van der Waals surface area contributed by atoms with Crippen molar-refractivity contribution in [3.05, 3.63) is 59.7 Å². The van der Waals surface area contributed by atoms with E-state index in [4.69, 9.17) is 0 Å². The molecule has 1 aliphatic rings. The van der Waals surface area contributed by atoms with E-state index in [1.807, 2.05) is 0 Å². The molecular weight excluding hydrogens is 256 g/mol. The van der Waals surface area contributed by atoms with Crippen LogP contribution in [0.2, 0.25) is 0 Å². The summed E-state index contributed by atoms with van der Waals surface area (Å²) in [6.07, 6.45) is 0. The molecule has 0 aliphatic carbocycles. The van der Waals surface area contributed by atoms with Crippen LogP contribution in [0.15, 0.2) is 48.5 Å². The van der Waals surface area contributed by atoms with Crippen LogP contribution < -0.4 is 0 Å². The molecule has 2 heteroatoms. The second-order valence-electron chi connectivity index (χ2n) is 6.09. The quantitative estimate of drug-likeness (QED) is 0.850. The second kappa shape index (κ2) is 6.42. The fourth-order valence-electron chi connectivity index (χ4n) is 2.93. The Labute approximate surface area is 128 Å². The summed E-state index contributed by atoms with van der Waals surface area (Å²) < 4.78 is 0. The average molecular weight is 280 g/mol. The van der Waals surface area contributed by atoms with E-state index in [2.05, 4.69) is 72.3 Å². The molecule has 21 heavy (non-hydrogen) atoms. The Morgan fingerprint density at radius 1 is 0.857 bits per heavy atom. The van der Waals surface area contributed by atoms with Crippen molar-refractivity contribution < 1.29 is 0 Å². The number of likely N-dealkylation sites (N-methyl/N-ethyl adjacent to an activating group) is 1. The Morgan fingerprint density at radius 3 is 2.24 bits per heavy atom. The minimum absolute atomic E-state index is 1.08. The van der Waals surface area contributed by atoms with E-state index >= 15 is 0 Å². The number of hydrogen-bond acceptors (Lipinski definition) is 2. The lowest BCUT2D eigenvalue weighted by molar-refractivity contribution is 0.148. The number of benzene rings is 2. The molecule has 0 amide bonds. The molecule has 1 fully saturated rings. The zero-order valence-electron chi connectivity index (χ0n) is 13.0. The van der Waals surface area contributed by atoms with E-state index in [0.29, 0.717) is 0 Å². The molecular formula is C19H24N2. The molecule has 2 aromatic carbocycles. The van der Waals surface area contributed by atoms with Gasteiger partial charge in [0.1, 0.15) is 0 Å². The minimum Gasteiger partial charge on any atom is -0.304 e. The Kier molecular flexibility index (Phi) is 4.37.